The number of alkyl halides is 1. The van der Waals surface area contributed by atoms with Crippen molar-refractivity contribution in [3.63, 3.8) is 0 Å². The summed E-state index contributed by atoms with van der Waals surface area (Å²) < 4.78 is 6.96. The number of nitrogens with zero attached hydrogens (tertiary/aromatic N) is 2. The molecule has 9 aromatic rings. The van der Waals surface area contributed by atoms with Crippen LogP contribution in [0.5, 0.6) is 0 Å². The van der Waals surface area contributed by atoms with Crippen LogP contribution < -0.4 is 4.90 Å². The molecule has 3 nitrogen and oxygen atoms in total. The zero-order chi connectivity index (χ0) is 37.5. The first-order valence-corrected chi connectivity index (χ1v) is 20.5. The molecule has 8 aromatic carbocycles. The van der Waals surface area contributed by atoms with E-state index in [0.717, 1.165) is 44.8 Å². The number of rotatable bonds is 4. The number of hydrogen-bond acceptors (Lipinski definition) is 3. The highest BCUT2D eigenvalue weighted by Gasteiger charge is 2.40. The number of anilines is 2. The third kappa shape index (κ3) is 5.12. The van der Waals surface area contributed by atoms with Gasteiger partial charge in [0.2, 0.25) is 0 Å². The maximum absolute atomic E-state index is 7.01. The molecule has 0 N–H and O–H groups in total. The Morgan fingerprint density at radius 3 is 2.05 bits per heavy atom. The number of para-hydroxylation sites is 2. The Morgan fingerprint density at radius 2 is 1.23 bits per heavy atom. The highest BCUT2D eigenvalue weighted by molar-refractivity contribution is 14.1. The van der Waals surface area contributed by atoms with Gasteiger partial charge in [-0.1, -0.05) is 158 Å². The van der Waals surface area contributed by atoms with E-state index in [1.165, 1.54) is 55.3 Å². The second-order valence-electron chi connectivity index (χ2n) is 15.6. The minimum Gasteiger partial charge on any atom is -0.456 e. The molecular formula is C52H37IN2O. The first kappa shape index (κ1) is 33.4. The molecule has 1 aromatic heterocycles. The molecule has 1 aliphatic carbocycles. The minimum atomic E-state index is -0.132. The Kier molecular flexibility index (Phi) is 7.62. The van der Waals surface area contributed by atoms with E-state index in [4.69, 9.17) is 9.41 Å². The second kappa shape index (κ2) is 12.8. The molecule has 4 heteroatoms. The smallest absolute Gasteiger partial charge is 0.139 e. The van der Waals surface area contributed by atoms with Crippen LogP contribution in [-0.2, 0) is 5.41 Å². The molecule has 0 amide bonds. The fraction of sp³-hybridized carbons (Fsp3) is 0.0962. The number of hydrogen-bond donors (Lipinski definition) is 0. The predicted molar refractivity (Wildman–Crippen MR) is 242 cm³/mol. The van der Waals surface area contributed by atoms with Gasteiger partial charge in [0, 0.05) is 39.0 Å². The lowest BCUT2D eigenvalue weighted by molar-refractivity contribution is 0.658. The van der Waals surface area contributed by atoms with Gasteiger partial charge < -0.3 is 4.42 Å². The van der Waals surface area contributed by atoms with Gasteiger partial charge in [0.15, 0.2) is 0 Å². The van der Waals surface area contributed by atoms with Crippen LogP contribution in [0.4, 0.5) is 17.1 Å². The number of amidine groups is 1. The molecule has 11 rings (SSSR count). The van der Waals surface area contributed by atoms with Crippen molar-refractivity contribution in [2.75, 3.05) is 4.90 Å². The van der Waals surface area contributed by atoms with Gasteiger partial charge in [0.25, 0.3) is 0 Å². The summed E-state index contributed by atoms with van der Waals surface area (Å²) in [4.78, 5) is 7.96. The summed E-state index contributed by atoms with van der Waals surface area (Å²) in [6.07, 6.45) is 0. The van der Waals surface area contributed by atoms with E-state index in [9.17, 15) is 0 Å². The molecule has 0 fully saturated rings. The standard InChI is InChI=1S/C52H37IN2O/c1-52(2)44-23-13-11-21-38(44)39-26-25-37(31-45(39)52)55(36-19-7-4-8-20-36)51-49(53)48(40-22-12-14-24-46(40)54-51)43-29-35(32-15-5-3-6-16-32)28-42-41-27-33-17-9-10-18-34(33)30-47(41)56-50(42)43/h3-31,48-49H,1-2H3. The van der Waals surface area contributed by atoms with E-state index in [0.29, 0.717) is 0 Å². The number of furan rings is 1. The van der Waals surface area contributed by atoms with Crippen molar-refractivity contribution < 1.29 is 4.42 Å². The molecule has 2 atom stereocenters. The van der Waals surface area contributed by atoms with Gasteiger partial charge >= 0.3 is 0 Å². The van der Waals surface area contributed by atoms with Gasteiger partial charge in [-0.25, -0.2) is 4.99 Å². The van der Waals surface area contributed by atoms with Crippen LogP contribution in [0.2, 0.25) is 0 Å². The molecule has 0 spiro atoms. The van der Waals surface area contributed by atoms with Crippen molar-refractivity contribution in [3.8, 4) is 22.3 Å². The lowest BCUT2D eigenvalue weighted by Gasteiger charge is -2.37. The lowest BCUT2D eigenvalue weighted by atomic mass is 9.82. The number of benzene rings is 8. The first-order valence-electron chi connectivity index (χ1n) is 19.3. The summed E-state index contributed by atoms with van der Waals surface area (Å²) in [6.45, 7) is 4.70. The third-order valence-electron chi connectivity index (χ3n) is 12.0. The topological polar surface area (TPSA) is 28.7 Å². The second-order valence-corrected chi connectivity index (χ2v) is 16.9. The zero-order valence-electron chi connectivity index (χ0n) is 31.1. The van der Waals surface area contributed by atoms with Crippen LogP contribution in [-0.4, -0.2) is 9.76 Å². The molecule has 268 valence electrons. The fourth-order valence-electron chi connectivity index (χ4n) is 9.28. The van der Waals surface area contributed by atoms with Crippen LogP contribution in [0.1, 0.15) is 42.0 Å². The summed E-state index contributed by atoms with van der Waals surface area (Å²) in [5.41, 5.74) is 14.9. The summed E-state index contributed by atoms with van der Waals surface area (Å²) in [6, 6.07) is 63.7. The third-order valence-corrected chi connectivity index (χ3v) is 13.3. The van der Waals surface area contributed by atoms with Crippen molar-refractivity contribution in [3.05, 3.63) is 198 Å². The zero-order valence-corrected chi connectivity index (χ0v) is 33.2. The van der Waals surface area contributed by atoms with E-state index in [1.54, 1.807) is 0 Å². The van der Waals surface area contributed by atoms with Crippen LogP contribution in [0.25, 0.3) is 55.0 Å². The van der Waals surface area contributed by atoms with Crippen LogP contribution in [0.15, 0.2) is 185 Å². The van der Waals surface area contributed by atoms with E-state index < -0.39 is 0 Å². The highest BCUT2D eigenvalue weighted by atomic mass is 127. The van der Waals surface area contributed by atoms with E-state index >= 15 is 0 Å². The Morgan fingerprint density at radius 1 is 0.554 bits per heavy atom. The van der Waals surface area contributed by atoms with Crippen molar-refractivity contribution in [1.29, 1.82) is 0 Å². The Labute approximate surface area is 340 Å². The molecule has 2 heterocycles. The van der Waals surface area contributed by atoms with E-state index in [-0.39, 0.29) is 15.3 Å². The quantitative estimate of drug-likeness (QED) is 0.131. The number of halogens is 1. The number of fused-ring (bicyclic) bond motifs is 8. The normalized spacial score (nSPS) is 16.7. The number of aliphatic imine (C=N–C) groups is 1. The van der Waals surface area contributed by atoms with Crippen molar-refractivity contribution in [1.82, 2.24) is 0 Å². The fourth-order valence-corrected chi connectivity index (χ4v) is 10.5. The summed E-state index contributed by atoms with van der Waals surface area (Å²) in [5.74, 6) is 0.940. The summed E-state index contributed by atoms with van der Waals surface area (Å²) in [5, 5.41) is 4.64. The minimum absolute atomic E-state index is 0.0531. The highest BCUT2D eigenvalue weighted by Crippen LogP contribution is 2.52. The molecule has 0 saturated heterocycles. The first-order chi connectivity index (χ1) is 27.4. The van der Waals surface area contributed by atoms with Gasteiger partial charge in [-0.3, -0.25) is 4.90 Å². The monoisotopic (exact) mass is 832 g/mol. The summed E-state index contributed by atoms with van der Waals surface area (Å²) >= 11 is 2.67. The molecule has 2 aliphatic rings. The molecule has 0 bridgehead atoms. The van der Waals surface area contributed by atoms with E-state index in [2.05, 4.69) is 217 Å². The Bertz CT molecular complexity index is 3030. The molecule has 2 unspecified atom stereocenters. The average Bonchev–Trinajstić information content (AvgIpc) is 3.71. The van der Waals surface area contributed by atoms with Crippen molar-refractivity contribution >= 4 is 78.2 Å². The van der Waals surface area contributed by atoms with Gasteiger partial charge in [0.05, 0.1) is 9.61 Å². The molecular weight excluding hydrogens is 795 g/mol. The van der Waals surface area contributed by atoms with Gasteiger partial charge in [0.1, 0.15) is 17.0 Å². The van der Waals surface area contributed by atoms with Gasteiger partial charge in [-0.05, 0) is 104 Å². The maximum Gasteiger partial charge on any atom is 0.139 e. The van der Waals surface area contributed by atoms with Gasteiger partial charge in [-0.2, -0.15) is 0 Å². The Hall–Kier alpha value is -5.98. The Balaban J connectivity index is 1.14. The van der Waals surface area contributed by atoms with Crippen LogP contribution >= 0.6 is 22.6 Å². The van der Waals surface area contributed by atoms with Crippen LogP contribution in [0.3, 0.4) is 0 Å². The average molecular weight is 833 g/mol. The SMILES string of the molecule is CC1(C)c2ccccc2-c2ccc(N(C3=Nc4ccccc4C(c4cc(-c5ccccc5)cc5c4oc4cc6ccccc6cc45)C3I)c3ccccc3)cc21. The lowest BCUT2D eigenvalue weighted by Crippen LogP contribution is -2.38. The molecule has 0 radical (unpaired) electrons. The van der Waals surface area contributed by atoms with Gasteiger partial charge in [-0.15, -0.1) is 0 Å². The molecule has 0 saturated carbocycles. The largest absolute Gasteiger partial charge is 0.456 e. The van der Waals surface area contributed by atoms with Crippen molar-refractivity contribution in [2.24, 2.45) is 4.99 Å². The molecule has 1 aliphatic heterocycles. The van der Waals surface area contributed by atoms with Crippen molar-refractivity contribution in [2.45, 2.75) is 29.1 Å². The predicted octanol–water partition coefficient (Wildman–Crippen LogP) is 14.5. The summed E-state index contributed by atoms with van der Waals surface area (Å²) in [7, 11) is 0. The maximum atomic E-state index is 7.01. The molecule has 56 heavy (non-hydrogen) atoms. The van der Waals surface area contributed by atoms with Crippen LogP contribution in [0, 0.1) is 0 Å². The van der Waals surface area contributed by atoms with E-state index in [1.807, 2.05) is 0 Å².